The molecule has 0 fully saturated rings. The van der Waals surface area contributed by atoms with E-state index in [4.69, 9.17) is 14.2 Å². The molecular weight excluding hydrogens is 348 g/mol. The summed E-state index contributed by atoms with van der Waals surface area (Å²) in [7, 11) is 3.05. The van der Waals surface area contributed by atoms with Gasteiger partial charge in [-0.3, -0.25) is 14.6 Å². The van der Waals surface area contributed by atoms with E-state index in [-0.39, 0.29) is 31.4 Å². The first-order valence-electron chi connectivity index (χ1n) is 8.65. The monoisotopic (exact) mass is 372 g/mol. The molecule has 7 nitrogen and oxygen atoms in total. The lowest BCUT2D eigenvalue weighted by atomic mass is 10.1. The van der Waals surface area contributed by atoms with E-state index < -0.39 is 0 Å². The summed E-state index contributed by atoms with van der Waals surface area (Å²) in [6.07, 6.45) is 1.78. The van der Waals surface area contributed by atoms with Crippen molar-refractivity contribution < 1.29 is 23.8 Å². The van der Waals surface area contributed by atoms with Crippen LogP contribution in [-0.2, 0) is 16.1 Å². The van der Waals surface area contributed by atoms with Crippen molar-refractivity contribution in [2.75, 3.05) is 27.4 Å². The molecule has 0 unspecified atom stereocenters. The summed E-state index contributed by atoms with van der Waals surface area (Å²) in [6.45, 7) is 2.57. The topological polar surface area (TPSA) is 78.0 Å². The summed E-state index contributed by atoms with van der Waals surface area (Å²) in [5, 5.41) is 0. The van der Waals surface area contributed by atoms with E-state index in [0.29, 0.717) is 23.7 Å². The molecule has 0 aliphatic carbocycles. The van der Waals surface area contributed by atoms with Crippen LogP contribution in [-0.4, -0.2) is 49.1 Å². The lowest BCUT2D eigenvalue weighted by molar-refractivity contribution is -0.143. The molecule has 0 aliphatic rings. The summed E-state index contributed by atoms with van der Waals surface area (Å²) in [4.78, 5) is 30.6. The number of esters is 1. The molecule has 0 saturated carbocycles. The Morgan fingerprint density at radius 2 is 1.85 bits per heavy atom. The minimum Gasteiger partial charge on any atom is -0.493 e. The molecule has 1 amide bonds. The minimum atomic E-state index is -0.344. The minimum absolute atomic E-state index is 0.111. The van der Waals surface area contributed by atoms with E-state index >= 15 is 0 Å². The highest BCUT2D eigenvalue weighted by Gasteiger charge is 2.20. The number of aromatic nitrogens is 1. The first-order valence-corrected chi connectivity index (χ1v) is 8.65. The van der Waals surface area contributed by atoms with Crippen LogP contribution in [0.1, 0.15) is 29.4 Å². The number of pyridine rings is 1. The Kier molecular flexibility index (Phi) is 7.61. The quantitative estimate of drug-likeness (QED) is 0.630. The van der Waals surface area contributed by atoms with E-state index in [1.54, 1.807) is 36.2 Å². The van der Waals surface area contributed by atoms with E-state index in [1.807, 2.05) is 18.2 Å². The van der Waals surface area contributed by atoms with Gasteiger partial charge in [-0.2, -0.15) is 0 Å². The van der Waals surface area contributed by atoms with Crippen LogP contribution in [0.15, 0.2) is 42.6 Å². The van der Waals surface area contributed by atoms with Crippen molar-refractivity contribution in [3.05, 3.63) is 53.9 Å². The third-order valence-corrected chi connectivity index (χ3v) is 3.89. The molecular formula is C20H24N2O5. The molecule has 2 rings (SSSR count). The van der Waals surface area contributed by atoms with Gasteiger partial charge in [-0.25, -0.2) is 0 Å². The number of carbonyl (C=O) groups excluding carboxylic acids is 2. The fraction of sp³-hybridized carbons (Fsp3) is 0.350. The van der Waals surface area contributed by atoms with Gasteiger partial charge < -0.3 is 19.1 Å². The van der Waals surface area contributed by atoms with Gasteiger partial charge in [-0.1, -0.05) is 6.07 Å². The Labute approximate surface area is 158 Å². The van der Waals surface area contributed by atoms with Crippen molar-refractivity contribution in [2.45, 2.75) is 19.9 Å². The van der Waals surface area contributed by atoms with Crippen LogP contribution in [0.5, 0.6) is 11.5 Å². The molecule has 0 spiro atoms. The van der Waals surface area contributed by atoms with Gasteiger partial charge in [0, 0.05) is 18.3 Å². The van der Waals surface area contributed by atoms with Crippen molar-refractivity contribution in [3.8, 4) is 11.5 Å². The van der Waals surface area contributed by atoms with Crippen molar-refractivity contribution in [3.63, 3.8) is 0 Å². The van der Waals surface area contributed by atoms with Crippen molar-refractivity contribution in [1.82, 2.24) is 9.88 Å². The third kappa shape index (κ3) is 5.70. The second kappa shape index (κ2) is 10.2. The standard InChI is InChI=1S/C20H24N2O5/c1-4-27-19(23)10-12-22(14-16-7-5-6-11-21-16)20(24)15-8-9-17(25-2)18(13-15)26-3/h5-9,11,13H,4,10,12,14H2,1-3H3. The number of ether oxygens (including phenoxy) is 3. The fourth-order valence-electron chi connectivity index (χ4n) is 2.55. The van der Waals surface area contributed by atoms with Gasteiger partial charge in [0.05, 0.1) is 39.5 Å². The second-order valence-corrected chi connectivity index (χ2v) is 5.67. The van der Waals surface area contributed by atoms with Crippen LogP contribution < -0.4 is 9.47 Å². The lowest BCUT2D eigenvalue weighted by Crippen LogP contribution is -2.33. The number of rotatable bonds is 9. The Morgan fingerprint density at radius 1 is 1.07 bits per heavy atom. The largest absolute Gasteiger partial charge is 0.493 e. The molecule has 1 heterocycles. The van der Waals surface area contributed by atoms with E-state index in [9.17, 15) is 9.59 Å². The third-order valence-electron chi connectivity index (χ3n) is 3.89. The molecule has 0 bridgehead atoms. The first kappa shape index (κ1) is 20.2. The lowest BCUT2D eigenvalue weighted by Gasteiger charge is -2.22. The summed E-state index contributed by atoms with van der Waals surface area (Å²) < 4.78 is 15.5. The molecule has 1 aromatic carbocycles. The number of methoxy groups -OCH3 is 2. The summed E-state index contributed by atoms with van der Waals surface area (Å²) >= 11 is 0. The zero-order chi connectivity index (χ0) is 19.6. The average Bonchev–Trinajstić information content (AvgIpc) is 2.71. The molecule has 0 atom stereocenters. The maximum absolute atomic E-state index is 13.0. The van der Waals surface area contributed by atoms with Gasteiger partial charge in [0.25, 0.3) is 5.91 Å². The molecule has 144 valence electrons. The second-order valence-electron chi connectivity index (χ2n) is 5.67. The highest BCUT2D eigenvalue weighted by molar-refractivity contribution is 5.95. The molecule has 1 aromatic heterocycles. The molecule has 0 aliphatic heterocycles. The van der Waals surface area contributed by atoms with Crippen LogP contribution in [0, 0.1) is 0 Å². The number of hydrogen-bond donors (Lipinski definition) is 0. The fourth-order valence-corrected chi connectivity index (χ4v) is 2.55. The number of carbonyl (C=O) groups is 2. The highest BCUT2D eigenvalue weighted by atomic mass is 16.5. The molecule has 7 heteroatoms. The predicted octanol–water partition coefficient (Wildman–Crippen LogP) is 2.69. The maximum atomic E-state index is 13.0. The summed E-state index contributed by atoms with van der Waals surface area (Å²) in [5.41, 5.74) is 1.17. The molecule has 0 radical (unpaired) electrons. The van der Waals surface area contributed by atoms with Crippen LogP contribution in [0.25, 0.3) is 0 Å². The van der Waals surface area contributed by atoms with Crippen molar-refractivity contribution in [2.24, 2.45) is 0 Å². The normalized spacial score (nSPS) is 10.2. The first-order chi connectivity index (χ1) is 13.1. The Balaban J connectivity index is 2.22. The molecule has 0 N–H and O–H groups in total. The van der Waals surface area contributed by atoms with E-state index in [0.717, 1.165) is 5.69 Å². The van der Waals surface area contributed by atoms with Crippen LogP contribution in [0.3, 0.4) is 0 Å². The van der Waals surface area contributed by atoms with Gasteiger partial charge in [0.2, 0.25) is 0 Å². The molecule has 0 saturated heterocycles. The number of nitrogens with zero attached hydrogens (tertiary/aromatic N) is 2. The zero-order valence-corrected chi connectivity index (χ0v) is 15.8. The maximum Gasteiger partial charge on any atom is 0.307 e. The van der Waals surface area contributed by atoms with Gasteiger partial charge in [0.1, 0.15) is 0 Å². The predicted molar refractivity (Wildman–Crippen MR) is 99.8 cm³/mol. The van der Waals surface area contributed by atoms with Crippen LogP contribution in [0.4, 0.5) is 0 Å². The Bertz CT molecular complexity index is 764. The average molecular weight is 372 g/mol. The van der Waals surface area contributed by atoms with Gasteiger partial charge in [-0.05, 0) is 37.3 Å². The Hall–Kier alpha value is -3.09. The van der Waals surface area contributed by atoms with E-state index in [1.165, 1.54) is 14.2 Å². The molecule has 27 heavy (non-hydrogen) atoms. The Morgan fingerprint density at radius 3 is 2.48 bits per heavy atom. The van der Waals surface area contributed by atoms with Crippen molar-refractivity contribution in [1.29, 1.82) is 0 Å². The smallest absolute Gasteiger partial charge is 0.307 e. The SMILES string of the molecule is CCOC(=O)CCN(Cc1ccccn1)C(=O)c1ccc(OC)c(OC)c1. The van der Waals surface area contributed by atoms with Crippen LogP contribution in [0.2, 0.25) is 0 Å². The summed E-state index contributed by atoms with van der Waals surface area (Å²) in [6, 6.07) is 10.5. The van der Waals surface area contributed by atoms with Crippen molar-refractivity contribution >= 4 is 11.9 Å². The highest BCUT2D eigenvalue weighted by Crippen LogP contribution is 2.28. The number of hydrogen-bond acceptors (Lipinski definition) is 6. The molecule has 2 aromatic rings. The number of amides is 1. The van der Waals surface area contributed by atoms with Gasteiger partial charge in [-0.15, -0.1) is 0 Å². The van der Waals surface area contributed by atoms with Crippen LogP contribution >= 0.6 is 0 Å². The summed E-state index contributed by atoms with van der Waals surface area (Å²) in [5.74, 6) is 0.429. The van der Waals surface area contributed by atoms with Gasteiger partial charge >= 0.3 is 5.97 Å². The zero-order valence-electron chi connectivity index (χ0n) is 15.8. The van der Waals surface area contributed by atoms with E-state index in [2.05, 4.69) is 4.98 Å². The van der Waals surface area contributed by atoms with Gasteiger partial charge in [0.15, 0.2) is 11.5 Å². The number of benzene rings is 1.